The third-order valence-corrected chi connectivity index (χ3v) is 5.48. The predicted octanol–water partition coefficient (Wildman–Crippen LogP) is 5.58. The Morgan fingerprint density at radius 2 is 1.76 bits per heavy atom. The molecule has 1 aliphatic carbocycles. The van der Waals surface area contributed by atoms with Crippen molar-refractivity contribution in [3.05, 3.63) is 96.3 Å². The summed E-state index contributed by atoms with van der Waals surface area (Å²) in [4.78, 5) is 4.61. The molecule has 0 saturated heterocycles. The summed E-state index contributed by atoms with van der Waals surface area (Å²) in [6.45, 7) is 0. The van der Waals surface area contributed by atoms with Crippen molar-refractivity contribution in [2.45, 2.75) is 18.4 Å². The molecule has 3 atom stereocenters. The summed E-state index contributed by atoms with van der Waals surface area (Å²) in [5, 5.41) is 3.76. The first-order valence-corrected chi connectivity index (χ1v) is 8.94. The SMILES string of the molecule is C1=C[C@@H]2c3cc(-c4ccccc4)ccc3N[C@H](c3ccccn3)[C@@H]2C1. The number of benzene rings is 2. The van der Waals surface area contributed by atoms with Gasteiger partial charge in [0.25, 0.3) is 0 Å². The molecule has 2 heteroatoms. The van der Waals surface area contributed by atoms with Crippen LogP contribution < -0.4 is 5.32 Å². The number of fused-ring (bicyclic) bond motifs is 3. The molecule has 1 aromatic heterocycles. The third-order valence-electron chi connectivity index (χ3n) is 5.48. The van der Waals surface area contributed by atoms with E-state index >= 15 is 0 Å². The van der Waals surface area contributed by atoms with Crippen LogP contribution in [-0.4, -0.2) is 4.98 Å². The molecule has 0 saturated carbocycles. The molecule has 2 aliphatic rings. The highest BCUT2D eigenvalue weighted by Gasteiger charge is 2.38. The number of allylic oxidation sites excluding steroid dienone is 2. The number of pyridine rings is 1. The Bertz CT molecular complexity index is 915. The number of nitrogens with one attached hydrogen (secondary N) is 1. The Morgan fingerprint density at radius 1 is 0.880 bits per heavy atom. The largest absolute Gasteiger partial charge is 0.376 e. The molecule has 0 amide bonds. The van der Waals surface area contributed by atoms with Gasteiger partial charge in [0.1, 0.15) is 0 Å². The van der Waals surface area contributed by atoms with Crippen molar-refractivity contribution in [2.75, 3.05) is 5.32 Å². The maximum Gasteiger partial charge on any atom is 0.0725 e. The average Bonchev–Trinajstić information content (AvgIpc) is 3.18. The number of anilines is 1. The Balaban J connectivity index is 1.58. The van der Waals surface area contributed by atoms with Crippen molar-refractivity contribution in [3.8, 4) is 11.1 Å². The smallest absolute Gasteiger partial charge is 0.0725 e. The second-order valence-corrected chi connectivity index (χ2v) is 6.90. The molecule has 1 aliphatic heterocycles. The summed E-state index contributed by atoms with van der Waals surface area (Å²) < 4.78 is 0. The molecule has 122 valence electrons. The van der Waals surface area contributed by atoms with Gasteiger partial charge in [0.05, 0.1) is 11.7 Å². The molecule has 1 N–H and O–H groups in total. The molecular weight excluding hydrogens is 304 g/mol. The molecule has 0 bridgehead atoms. The zero-order chi connectivity index (χ0) is 16.6. The fourth-order valence-electron chi connectivity index (χ4n) is 4.26. The number of hydrogen-bond donors (Lipinski definition) is 1. The number of rotatable bonds is 2. The normalized spacial score (nSPS) is 23.6. The highest BCUT2D eigenvalue weighted by molar-refractivity contribution is 5.71. The van der Waals surface area contributed by atoms with Crippen LogP contribution in [0.1, 0.15) is 29.6 Å². The Morgan fingerprint density at radius 3 is 2.60 bits per heavy atom. The molecule has 0 radical (unpaired) electrons. The van der Waals surface area contributed by atoms with E-state index in [0.29, 0.717) is 11.8 Å². The average molecular weight is 324 g/mol. The summed E-state index contributed by atoms with van der Waals surface area (Å²) in [7, 11) is 0. The summed E-state index contributed by atoms with van der Waals surface area (Å²) in [5.74, 6) is 1.00. The number of hydrogen-bond acceptors (Lipinski definition) is 2. The second kappa shape index (κ2) is 5.89. The minimum absolute atomic E-state index is 0.274. The van der Waals surface area contributed by atoms with Crippen LogP contribution >= 0.6 is 0 Å². The Kier molecular flexibility index (Phi) is 3.41. The van der Waals surface area contributed by atoms with Crippen LogP contribution in [0.3, 0.4) is 0 Å². The zero-order valence-electron chi connectivity index (χ0n) is 14.0. The number of nitrogens with zero attached hydrogens (tertiary/aromatic N) is 1. The maximum atomic E-state index is 4.61. The van der Waals surface area contributed by atoms with Crippen molar-refractivity contribution < 1.29 is 0 Å². The molecule has 2 heterocycles. The van der Waals surface area contributed by atoms with E-state index in [4.69, 9.17) is 0 Å². The van der Waals surface area contributed by atoms with Gasteiger partial charge in [-0.2, -0.15) is 0 Å². The second-order valence-electron chi connectivity index (χ2n) is 6.90. The third kappa shape index (κ3) is 2.45. The van der Waals surface area contributed by atoms with Gasteiger partial charge < -0.3 is 5.32 Å². The van der Waals surface area contributed by atoms with Gasteiger partial charge in [0, 0.05) is 17.8 Å². The Hall–Kier alpha value is -2.87. The van der Waals surface area contributed by atoms with Gasteiger partial charge in [-0.05, 0) is 53.3 Å². The van der Waals surface area contributed by atoms with Gasteiger partial charge in [0.15, 0.2) is 0 Å². The van der Waals surface area contributed by atoms with Crippen molar-refractivity contribution in [1.29, 1.82) is 0 Å². The van der Waals surface area contributed by atoms with E-state index in [9.17, 15) is 0 Å². The molecule has 0 fully saturated rings. The maximum absolute atomic E-state index is 4.61. The van der Waals surface area contributed by atoms with Crippen molar-refractivity contribution in [2.24, 2.45) is 5.92 Å². The molecule has 5 rings (SSSR count). The summed E-state index contributed by atoms with van der Waals surface area (Å²) >= 11 is 0. The minimum atomic E-state index is 0.274. The van der Waals surface area contributed by atoms with Crippen LogP contribution in [0.5, 0.6) is 0 Å². The van der Waals surface area contributed by atoms with E-state index in [1.54, 1.807) is 0 Å². The Labute approximate surface area is 148 Å². The monoisotopic (exact) mass is 324 g/mol. The molecule has 3 aromatic rings. The van der Waals surface area contributed by atoms with Gasteiger partial charge in [-0.3, -0.25) is 4.98 Å². The van der Waals surface area contributed by atoms with Crippen LogP contribution in [-0.2, 0) is 0 Å². The zero-order valence-corrected chi connectivity index (χ0v) is 14.0. The van der Waals surface area contributed by atoms with E-state index < -0.39 is 0 Å². The molecule has 0 spiro atoms. The standard InChI is InChI=1S/C23H20N2/c1-2-7-16(8-3-1)17-12-13-21-20(15-17)18-9-6-10-19(18)23(25-21)22-11-4-5-14-24-22/h1-9,11-15,18-19,23,25H,10H2/t18-,19+,23-/m0/s1. The highest BCUT2D eigenvalue weighted by atomic mass is 15.0. The first-order chi connectivity index (χ1) is 12.4. The predicted molar refractivity (Wildman–Crippen MR) is 102 cm³/mol. The van der Waals surface area contributed by atoms with E-state index in [-0.39, 0.29) is 6.04 Å². The fourth-order valence-corrected chi connectivity index (χ4v) is 4.26. The molecule has 2 nitrogen and oxygen atoms in total. The highest BCUT2D eigenvalue weighted by Crippen LogP contribution is 2.50. The molecular formula is C23H20N2. The van der Waals surface area contributed by atoms with Crippen molar-refractivity contribution >= 4 is 5.69 Å². The summed E-state index contributed by atoms with van der Waals surface area (Å²) in [5.41, 5.74) is 6.35. The van der Waals surface area contributed by atoms with E-state index in [1.165, 1.54) is 22.4 Å². The lowest BCUT2D eigenvalue weighted by Gasteiger charge is -2.37. The first-order valence-electron chi connectivity index (χ1n) is 8.94. The topological polar surface area (TPSA) is 24.9 Å². The summed E-state index contributed by atoms with van der Waals surface area (Å²) in [6.07, 6.45) is 7.71. The van der Waals surface area contributed by atoms with Gasteiger partial charge >= 0.3 is 0 Å². The van der Waals surface area contributed by atoms with Gasteiger partial charge in [-0.1, -0.05) is 54.6 Å². The molecule has 25 heavy (non-hydrogen) atoms. The van der Waals surface area contributed by atoms with Crippen molar-refractivity contribution in [3.63, 3.8) is 0 Å². The van der Waals surface area contributed by atoms with Gasteiger partial charge in [-0.25, -0.2) is 0 Å². The van der Waals surface area contributed by atoms with E-state index in [2.05, 4.69) is 83.1 Å². The molecule has 0 unspecified atom stereocenters. The van der Waals surface area contributed by atoms with Crippen LogP contribution in [0.2, 0.25) is 0 Å². The lowest BCUT2D eigenvalue weighted by molar-refractivity contribution is 0.419. The summed E-state index contributed by atoms with van der Waals surface area (Å²) in [6, 6.07) is 23.9. The van der Waals surface area contributed by atoms with Crippen LogP contribution in [0, 0.1) is 5.92 Å². The van der Waals surface area contributed by atoms with E-state index in [1.807, 2.05) is 12.3 Å². The number of aromatic nitrogens is 1. The van der Waals surface area contributed by atoms with Gasteiger partial charge in [0.2, 0.25) is 0 Å². The van der Waals surface area contributed by atoms with Gasteiger partial charge in [-0.15, -0.1) is 0 Å². The van der Waals surface area contributed by atoms with Crippen LogP contribution in [0.15, 0.2) is 85.1 Å². The van der Waals surface area contributed by atoms with E-state index in [0.717, 1.165) is 12.1 Å². The first kappa shape index (κ1) is 14.5. The lowest BCUT2D eigenvalue weighted by atomic mass is 9.77. The quantitative estimate of drug-likeness (QED) is 0.623. The minimum Gasteiger partial charge on any atom is -0.376 e. The fraction of sp³-hybridized carbons (Fsp3) is 0.174. The lowest BCUT2D eigenvalue weighted by Crippen LogP contribution is -2.29. The van der Waals surface area contributed by atoms with Crippen LogP contribution in [0.4, 0.5) is 5.69 Å². The molecule has 2 aromatic carbocycles. The van der Waals surface area contributed by atoms with Crippen molar-refractivity contribution in [1.82, 2.24) is 4.98 Å². The van der Waals surface area contributed by atoms with Crippen LogP contribution in [0.25, 0.3) is 11.1 Å².